The first-order valence-electron chi connectivity index (χ1n) is 9.07. The Kier molecular flexibility index (Phi) is 5.25. The third-order valence-electron chi connectivity index (χ3n) is 5.48. The molecule has 2 atom stereocenters. The van der Waals surface area contributed by atoms with Crippen molar-refractivity contribution in [3.05, 3.63) is 18.2 Å². The first-order valence-corrected chi connectivity index (χ1v) is 9.07. The van der Waals surface area contributed by atoms with Gasteiger partial charge in [-0.05, 0) is 30.9 Å². The number of nitrogens with one attached hydrogen (secondary N) is 2. The second kappa shape index (κ2) is 7.46. The number of ether oxygens (including phenoxy) is 2. The number of methoxy groups -OCH3 is 2. The molecule has 2 fully saturated rings. The predicted molar refractivity (Wildman–Crippen MR) is 98.8 cm³/mol. The Morgan fingerprint density at radius 2 is 2.07 bits per heavy atom. The summed E-state index contributed by atoms with van der Waals surface area (Å²) < 4.78 is 10.4. The highest BCUT2D eigenvalue weighted by molar-refractivity contribution is 6.10. The minimum absolute atomic E-state index is 0.0502. The molecule has 4 amide bonds. The van der Waals surface area contributed by atoms with Crippen LogP contribution in [-0.4, -0.2) is 49.0 Å². The lowest BCUT2D eigenvalue weighted by Crippen LogP contribution is -2.54. The molecule has 1 heterocycles. The maximum Gasteiger partial charge on any atom is 0.325 e. The van der Waals surface area contributed by atoms with Crippen molar-refractivity contribution in [1.82, 2.24) is 10.2 Å². The van der Waals surface area contributed by atoms with Crippen LogP contribution in [0.5, 0.6) is 11.5 Å². The SMILES string of the molecule is COc1ccc(OC)c(NC(=O)CN2C(=O)N[C@]3(CCCC[C@@H]3C)C2=O)c1. The number of carbonyl (C=O) groups excluding carboxylic acids is 3. The number of nitrogens with zero attached hydrogens (tertiary/aromatic N) is 1. The third kappa shape index (κ3) is 3.43. The molecule has 146 valence electrons. The van der Waals surface area contributed by atoms with E-state index in [0.717, 1.165) is 24.2 Å². The minimum atomic E-state index is -0.872. The molecular formula is C19H25N3O5. The summed E-state index contributed by atoms with van der Waals surface area (Å²) in [5, 5.41) is 5.53. The molecule has 1 aromatic carbocycles. The quantitative estimate of drug-likeness (QED) is 0.769. The number of benzene rings is 1. The van der Waals surface area contributed by atoms with Crippen LogP contribution in [0.1, 0.15) is 32.6 Å². The number of rotatable bonds is 5. The first-order chi connectivity index (χ1) is 12.9. The van der Waals surface area contributed by atoms with Gasteiger partial charge in [-0.15, -0.1) is 0 Å². The second-order valence-corrected chi connectivity index (χ2v) is 7.05. The summed E-state index contributed by atoms with van der Waals surface area (Å²) in [5.41, 5.74) is -0.460. The standard InChI is InChI=1S/C19H25N3O5/c1-12-6-4-5-9-19(12)17(24)22(18(25)21-19)11-16(23)20-14-10-13(26-2)7-8-15(14)27-3/h7-8,10,12H,4-6,9,11H2,1-3H3,(H,20,23)(H,21,25)/t12-,19-/m0/s1. The Bertz CT molecular complexity index is 766. The van der Waals surface area contributed by atoms with Gasteiger partial charge in [0.2, 0.25) is 5.91 Å². The van der Waals surface area contributed by atoms with Gasteiger partial charge >= 0.3 is 6.03 Å². The number of amides is 4. The van der Waals surface area contributed by atoms with Gasteiger partial charge < -0.3 is 20.1 Å². The van der Waals surface area contributed by atoms with E-state index in [1.807, 2.05) is 6.92 Å². The number of anilines is 1. The number of hydrogen-bond acceptors (Lipinski definition) is 5. The van der Waals surface area contributed by atoms with Crippen LogP contribution < -0.4 is 20.1 Å². The van der Waals surface area contributed by atoms with Crippen LogP contribution in [0.4, 0.5) is 10.5 Å². The Balaban J connectivity index is 1.73. The van der Waals surface area contributed by atoms with Crippen LogP contribution in [0, 0.1) is 5.92 Å². The molecule has 1 aliphatic heterocycles. The zero-order valence-electron chi connectivity index (χ0n) is 15.8. The highest BCUT2D eigenvalue weighted by Crippen LogP contribution is 2.38. The van der Waals surface area contributed by atoms with Crippen molar-refractivity contribution in [3.8, 4) is 11.5 Å². The third-order valence-corrected chi connectivity index (χ3v) is 5.48. The van der Waals surface area contributed by atoms with E-state index >= 15 is 0 Å². The molecule has 2 N–H and O–H groups in total. The smallest absolute Gasteiger partial charge is 0.325 e. The van der Waals surface area contributed by atoms with Gasteiger partial charge in [-0.3, -0.25) is 14.5 Å². The van der Waals surface area contributed by atoms with Crippen molar-refractivity contribution in [1.29, 1.82) is 0 Å². The van der Waals surface area contributed by atoms with Gasteiger partial charge in [-0.25, -0.2) is 4.79 Å². The fraction of sp³-hybridized carbons (Fsp3) is 0.526. The maximum absolute atomic E-state index is 12.9. The van der Waals surface area contributed by atoms with Gasteiger partial charge in [0.05, 0.1) is 19.9 Å². The van der Waals surface area contributed by atoms with E-state index in [2.05, 4.69) is 10.6 Å². The average Bonchev–Trinajstić information content (AvgIpc) is 2.89. The van der Waals surface area contributed by atoms with Crippen molar-refractivity contribution in [3.63, 3.8) is 0 Å². The van der Waals surface area contributed by atoms with Crippen LogP contribution in [0.15, 0.2) is 18.2 Å². The van der Waals surface area contributed by atoms with E-state index in [1.165, 1.54) is 14.2 Å². The summed E-state index contributed by atoms with van der Waals surface area (Å²) in [6.07, 6.45) is 3.42. The fourth-order valence-corrected chi connectivity index (χ4v) is 3.88. The van der Waals surface area contributed by atoms with Crippen LogP contribution in [0.25, 0.3) is 0 Å². The van der Waals surface area contributed by atoms with Gasteiger partial charge in [-0.2, -0.15) is 0 Å². The Hall–Kier alpha value is -2.77. The lowest BCUT2D eigenvalue weighted by Gasteiger charge is -2.36. The normalized spacial score (nSPS) is 24.7. The molecule has 1 spiro atoms. The number of carbonyl (C=O) groups is 3. The molecule has 0 bridgehead atoms. The molecule has 1 aromatic rings. The van der Waals surface area contributed by atoms with Gasteiger partial charge in [-0.1, -0.05) is 19.8 Å². The minimum Gasteiger partial charge on any atom is -0.497 e. The largest absolute Gasteiger partial charge is 0.497 e. The lowest BCUT2D eigenvalue weighted by molar-refractivity contribution is -0.136. The van der Waals surface area contributed by atoms with Crippen molar-refractivity contribution in [2.75, 3.05) is 26.1 Å². The second-order valence-electron chi connectivity index (χ2n) is 7.05. The van der Waals surface area contributed by atoms with Gasteiger partial charge in [0.15, 0.2) is 0 Å². The highest BCUT2D eigenvalue weighted by atomic mass is 16.5. The van der Waals surface area contributed by atoms with Crippen molar-refractivity contribution < 1.29 is 23.9 Å². The molecule has 8 heteroatoms. The van der Waals surface area contributed by atoms with Crippen LogP contribution in [0.2, 0.25) is 0 Å². The molecule has 0 unspecified atom stereocenters. The fourth-order valence-electron chi connectivity index (χ4n) is 3.88. The molecule has 8 nitrogen and oxygen atoms in total. The van der Waals surface area contributed by atoms with E-state index in [-0.39, 0.29) is 18.4 Å². The molecule has 0 radical (unpaired) electrons. The molecule has 27 heavy (non-hydrogen) atoms. The summed E-state index contributed by atoms with van der Waals surface area (Å²) in [5.74, 6) is 0.266. The monoisotopic (exact) mass is 375 g/mol. The van der Waals surface area contributed by atoms with E-state index in [1.54, 1.807) is 18.2 Å². The van der Waals surface area contributed by atoms with Gasteiger partial charge in [0.1, 0.15) is 23.6 Å². The molecule has 1 saturated carbocycles. The van der Waals surface area contributed by atoms with Crippen LogP contribution >= 0.6 is 0 Å². The van der Waals surface area contributed by atoms with Crippen molar-refractivity contribution >= 4 is 23.5 Å². The summed E-state index contributed by atoms with van der Waals surface area (Å²) >= 11 is 0. The molecule has 0 aromatic heterocycles. The number of imide groups is 1. The summed E-state index contributed by atoms with van der Waals surface area (Å²) in [6.45, 7) is 1.63. The van der Waals surface area contributed by atoms with E-state index < -0.39 is 17.5 Å². The number of urea groups is 1. The molecular weight excluding hydrogens is 350 g/mol. The molecule has 2 aliphatic rings. The average molecular weight is 375 g/mol. The van der Waals surface area contributed by atoms with Crippen LogP contribution in [0.3, 0.4) is 0 Å². The van der Waals surface area contributed by atoms with Gasteiger partial charge in [0.25, 0.3) is 5.91 Å². The zero-order chi connectivity index (χ0) is 19.6. The van der Waals surface area contributed by atoms with Gasteiger partial charge in [0, 0.05) is 6.07 Å². The van der Waals surface area contributed by atoms with Crippen molar-refractivity contribution in [2.24, 2.45) is 5.92 Å². The predicted octanol–water partition coefficient (Wildman–Crippen LogP) is 2.14. The Morgan fingerprint density at radius 3 is 2.74 bits per heavy atom. The summed E-state index contributed by atoms with van der Waals surface area (Å²) in [4.78, 5) is 38.8. The lowest BCUT2D eigenvalue weighted by atomic mass is 9.73. The Morgan fingerprint density at radius 1 is 1.30 bits per heavy atom. The van der Waals surface area contributed by atoms with Crippen molar-refractivity contribution in [2.45, 2.75) is 38.1 Å². The Labute approximate surface area is 158 Å². The zero-order valence-corrected chi connectivity index (χ0v) is 15.8. The number of hydrogen-bond donors (Lipinski definition) is 2. The van der Waals surface area contributed by atoms with E-state index in [9.17, 15) is 14.4 Å². The topological polar surface area (TPSA) is 97.0 Å². The summed E-state index contributed by atoms with van der Waals surface area (Å²) in [6, 6.07) is 4.48. The molecule has 1 saturated heterocycles. The maximum atomic E-state index is 12.9. The van der Waals surface area contributed by atoms with Crippen LogP contribution in [-0.2, 0) is 9.59 Å². The summed E-state index contributed by atoms with van der Waals surface area (Å²) in [7, 11) is 3.01. The highest BCUT2D eigenvalue weighted by Gasteiger charge is 2.55. The van der Waals surface area contributed by atoms with E-state index in [0.29, 0.717) is 23.6 Å². The first kappa shape index (κ1) is 19.0. The molecule has 3 rings (SSSR count). The molecule has 1 aliphatic carbocycles. The van der Waals surface area contributed by atoms with E-state index in [4.69, 9.17) is 9.47 Å².